The number of rotatable bonds is 9. The van der Waals surface area contributed by atoms with Gasteiger partial charge in [0.2, 0.25) is 0 Å². The molecular formula is C33H62O2Si2. The Bertz CT molecular complexity index is 823. The molecule has 0 spiro atoms. The van der Waals surface area contributed by atoms with Gasteiger partial charge in [0.05, 0.1) is 6.10 Å². The summed E-state index contributed by atoms with van der Waals surface area (Å²) in [7, 11) is -3.19. The molecule has 0 saturated heterocycles. The van der Waals surface area contributed by atoms with Gasteiger partial charge in [-0.2, -0.15) is 0 Å². The van der Waals surface area contributed by atoms with E-state index < -0.39 is 16.6 Å². The lowest BCUT2D eigenvalue weighted by atomic mass is 9.46. The first-order valence-corrected chi connectivity index (χ1v) is 22.9. The summed E-state index contributed by atoms with van der Waals surface area (Å²) in [5.74, 6) is 4.93. The van der Waals surface area contributed by atoms with E-state index in [1.54, 1.807) is 5.57 Å². The van der Waals surface area contributed by atoms with E-state index in [0.717, 1.165) is 36.0 Å². The molecule has 4 heteroatoms. The maximum atomic E-state index is 7.15. The van der Waals surface area contributed by atoms with E-state index in [2.05, 4.69) is 80.0 Å². The summed E-state index contributed by atoms with van der Waals surface area (Å²) in [5.41, 5.74) is 2.55. The average Bonchev–Trinajstić information content (AvgIpc) is 3.09. The quantitative estimate of drug-likeness (QED) is 0.211. The summed E-state index contributed by atoms with van der Waals surface area (Å²) in [6, 6.07) is 0. The molecule has 214 valence electrons. The molecule has 0 aliphatic heterocycles. The first-order chi connectivity index (χ1) is 17.0. The highest BCUT2D eigenvalue weighted by Crippen LogP contribution is 2.68. The van der Waals surface area contributed by atoms with Crippen LogP contribution in [0.3, 0.4) is 0 Å². The zero-order valence-corrected chi connectivity index (χ0v) is 28.6. The normalized spacial score (nSPS) is 41.1. The van der Waals surface area contributed by atoms with Crippen molar-refractivity contribution in [2.24, 2.45) is 46.3 Å². The Morgan fingerprint density at radius 2 is 1.51 bits per heavy atom. The topological polar surface area (TPSA) is 18.5 Å². The van der Waals surface area contributed by atoms with Gasteiger partial charge in [0.15, 0.2) is 16.6 Å². The van der Waals surface area contributed by atoms with E-state index in [9.17, 15) is 0 Å². The number of hydrogen-bond donors (Lipinski definition) is 0. The van der Waals surface area contributed by atoms with Gasteiger partial charge < -0.3 is 8.85 Å². The molecule has 37 heavy (non-hydrogen) atoms. The highest BCUT2D eigenvalue weighted by atomic mass is 28.4. The Balaban J connectivity index is 1.61. The molecule has 0 bridgehead atoms. The lowest BCUT2D eigenvalue weighted by Crippen LogP contribution is -2.57. The van der Waals surface area contributed by atoms with Gasteiger partial charge >= 0.3 is 0 Å². The molecule has 4 aliphatic carbocycles. The summed E-state index contributed by atoms with van der Waals surface area (Å²) in [4.78, 5) is 0. The molecule has 4 aliphatic rings. The van der Waals surface area contributed by atoms with Crippen molar-refractivity contribution in [1.29, 1.82) is 0 Å². The Morgan fingerprint density at radius 1 is 0.838 bits per heavy atom. The van der Waals surface area contributed by atoms with Crippen LogP contribution in [0.5, 0.6) is 0 Å². The fraction of sp³-hybridized carbons (Fsp3) is 0.939. The molecule has 0 amide bonds. The number of fused-ring (bicyclic) bond motifs is 5. The SMILES string of the molecule is CC(C)CCCC(C)[C@H]1CCC2C3C(CC[C@@]21C)[C@@]1(C)CC[C@H](O[Si](C)(C)C)CC1=C[C@H]3O[Si](C)(C)C. The first-order valence-electron chi connectivity index (χ1n) is 16.1. The minimum absolute atomic E-state index is 0.324. The summed E-state index contributed by atoms with van der Waals surface area (Å²) >= 11 is 0. The second kappa shape index (κ2) is 10.8. The monoisotopic (exact) mass is 546 g/mol. The minimum atomic E-state index is -1.66. The van der Waals surface area contributed by atoms with Gasteiger partial charge in [0.1, 0.15) is 0 Å². The summed E-state index contributed by atoms with van der Waals surface area (Å²) in [5, 5.41) is 0. The molecule has 0 aromatic rings. The summed E-state index contributed by atoms with van der Waals surface area (Å²) in [6.45, 7) is 27.0. The highest BCUT2D eigenvalue weighted by Gasteiger charge is 2.61. The Labute approximate surface area is 233 Å². The lowest BCUT2D eigenvalue weighted by Gasteiger charge is -2.61. The average molecular weight is 547 g/mol. The van der Waals surface area contributed by atoms with E-state index in [4.69, 9.17) is 8.85 Å². The third-order valence-electron chi connectivity index (χ3n) is 11.3. The van der Waals surface area contributed by atoms with Crippen molar-refractivity contribution in [1.82, 2.24) is 0 Å². The second-order valence-corrected chi connectivity index (χ2v) is 25.6. The van der Waals surface area contributed by atoms with Crippen molar-refractivity contribution >= 4 is 16.6 Å². The lowest BCUT2D eigenvalue weighted by molar-refractivity contribution is -0.0923. The predicted molar refractivity (Wildman–Crippen MR) is 165 cm³/mol. The van der Waals surface area contributed by atoms with E-state index in [-0.39, 0.29) is 0 Å². The second-order valence-electron chi connectivity index (χ2n) is 16.7. The Hall–Kier alpha value is 0.0938. The molecule has 3 fully saturated rings. The van der Waals surface area contributed by atoms with Crippen molar-refractivity contribution < 1.29 is 8.85 Å². The smallest absolute Gasteiger partial charge is 0.184 e. The maximum Gasteiger partial charge on any atom is 0.184 e. The first kappa shape index (κ1) is 30.1. The molecule has 0 aromatic heterocycles. The van der Waals surface area contributed by atoms with Crippen LogP contribution >= 0.6 is 0 Å². The third kappa shape index (κ3) is 6.38. The van der Waals surface area contributed by atoms with Gasteiger partial charge in [-0.05, 0) is 131 Å². The van der Waals surface area contributed by atoms with E-state index in [0.29, 0.717) is 29.0 Å². The predicted octanol–water partition coefficient (Wildman–Crippen LogP) is 10.1. The van der Waals surface area contributed by atoms with Crippen LogP contribution in [0.15, 0.2) is 11.6 Å². The molecule has 0 N–H and O–H groups in total. The van der Waals surface area contributed by atoms with E-state index in [1.165, 1.54) is 57.8 Å². The summed E-state index contributed by atoms with van der Waals surface area (Å²) in [6.07, 6.45) is 17.1. The van der Waals surface area contributed by atoms with Crippen molar-refractivity contribution in [2.75, 3.05) is 0 Å². The van der Waals surface area contributed by atoms with Crippen LogP contribution in [0, 0.1) is 46.3 Å². The van der Waals surface area contributed by atoms with E-state index in [1.807, 2.05) is 0 Å². The fourth-order valence-electron chi connectivity index (χ4n) is 9.74. The van der Waals surface area contributed by atoms with E-state index >= 15 is 0 Å². The van der Waals surface area contributed by atoms with Gasteiger partial charge in [-0.15, -0.1) is 0 Å². The molecule has 0 heterocycles. The van der Waals surface area contributed by atoms with Gasteiger partial charge in [0.25, 0.3) is 0 Å². The molecule has 9 atom stereocenters. The maximum absolute atomic E-state index is 7.15. The standard InChI is InChI=1S/C33H62O2Si2/c1-23(2)13-12-14-24(3)27-15-16-28-31-29(18-20-33(27,28)5)32(4)19-17-26(34-36(6,7)8)21-25(32)22-30(31)35-37(9,10)11/h22-24,26-31H,12-21H2,1-11H3/t24?,26-,27+,28?,29?,30+,31?,32-,33+/m0/s1. The zero-order chi connectivity index (χ0) is 27.4. The summed E-state index contributed by atoms with van der Waals surface area (Å²) < 4.78 is 13.8. The molecular weight excluding hydrogens is 485 g/mol. The van der Waals surface area contributed by atoms with Crippen molar-refractivity contribution in [3.8, 4) is 0 Å². The van der Waals surface area contributed by atoms with Gasteiger partial charge in [-0.3, -0.25) is 0 Å². The number of hydrogen-bond acceptors (Lipinski definition) is 2. The molecule has 4 unspecified atom stereocenters. The fourth-order valence-corrected chi connectivity index (χ4v) is 12.0. The van der Waals surface area contributed by atoms with Crippen LogP contribution in [-0.2, 0) is 8.85 Å². The Morgan fingerprint density at radius 3 is 2.14 bits per heavy atom. The van der Waals surface area contributed by atoms with Crippen LogP contribution in [-0.4, -0.2) is 28.8 Å². The van der Waals surface area contributed by atoms with Crippen LogP contribution in [0.4, 0.5) is 0 Å². The van der Waals surface area contributed by atoms with Crippen molar-refractivity contribution in [2.45, 2.75) is 150 Å². The largest absolute Gasteiger partial charge is 0.414 e. The van der Waals surface area contributed by atoms with Crippen LogP contribution in [0.25, 0.3) is 0 Å². The molecule has 3 saturated carbocycles. The van der Waals surface area contributed by atoms with Gasteiger partial charge in [0, 0.05) is 6.10 Å². The van der Waals surface area contributed by atoms with Gasteiger partial charge in [-0.1, -0.05) is 65.5 Å². The Kier molecular flexibility index (Phi) is 8.79. The van der Waals surface area contributed by atoms with Crippen molar-refractivity contribution in [3.63, 3.8) is 0 Å². The minimum Gasteiger partial charge on any atom is -0.414 e. The van der Waals surface area contributed by atoms with Gasteiger partial charge in [-0.25, -0.2) is 0 Å². The zero-order valence-electron chi connectivity index (χ0n) is 26.6. The highest BCUT2D eigenvalue weighted by molar-refractivity contribution is 6.70. The third-order valence-corrected chi connectivity index (χ3v) is 13.3. The molecule has 0 radical (unpaired) electrons. The van der Waals surface area contributed by atoms with Crippen LogP contribution in [0.1, 0.15) is 98.8 Å². The molecule has 2 nitrogen and oxygen atoms in total. The van der Waals surface area contributed by atoms with Crippen LogP contribution in [0.2, 0.25) is 39.3 Å². The van der Waals surface area contributed by atoms with Crippen molar-refractivity contribution in [3.05, 3.63) is 11.6 Å². The molecule has 4 rings (SSSR count). The molecule has 0 aromatic carbocycles. The van der Waals surface area contributed by atoms with Crippen LogP contribution < -0.4 is 0 Å².